The second kappa shape index (κ2) is 8.58. The van der Waals surface area contributed by atoms with Crippen molar-refractivity contribution in [2.75, 3.05) is 24.5 Å². The molecule has 0 atom stereocenters. The summed E-state index contributed by atoms with van der Waals surface area (Å²) < 4.78 is 65.6. The molecule has 154 valence electrons. The number of aryl methyl sites for hydroxylation is 1. The molecule has 28 heavy (non-hydrogen) atoms. The van der Waals surface area contributed by atoms with E-state index in [-0.39, 0.29) is 28.7 Å². The fraction of sp³-hybridized carbons (Fsp3) is 0.412. The second-order valence-electron chi connectivity index (χ2n) is 5.90. The van der Waals surface area contributed by atoms with Gasteiger partial charge in [0, 0.05) is 24.0 Å². The zero-order valence-corrected chi connectivity index (χ0v) is 17.2. The maximum absolute atomic E-state index is 13.0. The van der Waals surface area contributed by atoms with Crippen LogP contribution in [0.4, 0.5) is 18.3 Å². The van der Waals surface area contributed by atoms with E-state index in [1.807, 2.05) is 0 Å². The van der Waals surface area contributed by atoms with Crippen molar-refractivity contribution in [2.24, 2.45) is 0 Å². The predicted molar refractivity (Wildman–Crippen MR) is 101 cm³/mol. The van der Waals surface area contributed by atoms with Gasteiger partial charge in [-0.2, -0.15) is 17.5 Å². The van der Waals surface area contributed by atoms with Gasteiger partial charge in [0.25, 0.3) is 5.91 Å². The number of alkyl halides is 3. The van der Waals surface area contributed by atoms with Gasteiger partial charge in [0.2, 0.25) is 10.0 Å². The molecular formula is C17H20F3N3O3S2. The third-order valence-corrected chi connectivity index (χ3v) is 6.87. The van der Waals surface area contributed by atoms with Gasteiger partial charge in [0.1, 0.15) is 6.54 Å². The highest BCUT2D eigenvalue weighted by Crippen LogP contribution is 2.27. The number of hydrogen-bond donors (Lipinski definition) is 0. The number of benzene rings is 1. The standard InChI is InChI=1S/C17H20F3N3O3S2/c1-4-22(5-2)28(25,26)14-8-6-7-13(9-14)15(24)23(11-17(18,19)20)16-21-12(3)10-27-16/h6-10H,4-5,11H2,1-3H3. The van der Waals surface area contributed by atoms with Gasteiger partial charge in [-0.15, -0.1) is 11.3 Å². The summed E-state index contributed by atoms with van der Waals surface area (Å²) in [5, 5.41) is 1.43. The van der Waals surface area contributed by atoms with E-state index < -0.39 is 28.7 Å². The van der Waals surface area contributed by atoms with Gasteiger partial charge in [-0.3, -0.25) is 9.69 Å². The maximum atomic E-state index is 13.0. The normalized spacial score (nSPS) is 12.4. The minimum Gasteiger partial charge on any atom is -0.275 e. The molecule has 6 nitrogen and oxygen atoms in total. The van der Waals surface area contributed by atoms with Crippen LogP contribution in [0.25, 0.3) is 0 Å². The third kappa shape index (κ3) is 5.09. The van der Waals surface area contributed by atoms with E-state index in [1.54, 1.807) is 20.8 Å². The van der Waals surface area contributed by atoms with E-state index in [1.165, 1.54) is 27.9 Å². The molecule has 1 amide bonds. The van der Waals surface area contributed by atoms with Crippen LogP contribution < -0.4 is 4.90 Å². The Hall–Kier alpha value is -1.98. The van der Waals surface area contributed by atoms with E-state index in [0.29, 0.717) is 10.6 Å². The SMILES string of the molecule is CCN(CC)S(=O)(=O)c1cccc(C(=O)N(CC(F)(F)F)c2nc(C)cs2)c1. The topological polar surface area (TPSA) is 70.6 Å². The van der Waals surface area contributed by atoms with Crippen LogP contribution in [-0.2, 0) is 10.0 Å². The quantitative estimate of drug-likeness (QED) is 0.665. The molecule has 1 aromatic carbocycles. The Morgan fingerprint density at radius 3 is 2.36 bits per heavy atom. The van der Waals surface area contributed by atoms with Gasteiger partial charge in [0.05, 0.1) is 10.6 Å². The highest BCUT2D eigenvalue weighted by molar-refractivity contribution is 7.89. The molecule has 0 aliphatic heterocycles. The van der Waals surface area contributed by atoms with E-state index in [4.69, 9.17) is 0 Å². The number of rotatable bonds is 7. The number of hydrogen-bond acceptors (Lipinski definition) is 5. The Kier molecular flexibility index (Phi) is 6.84. The highest BCUT2D eigenvalue weighted by Gasteiger charge is 2.36. The molecule has 0 spiro atoms. The molecule has 0 N–H and O–H groups in total. The van der Waals surface area contributed by atoms with Crippen molar-refractivity contribution in [3.05, 3.63) is 40.9 Å². The van der Waals surface area contributed by atoms with Crippen LogP contribution in [0.5, 0.6) is 0 Å². The van der Waals surface area contributed by atoms with Gasteiger partial charge in [-0.1, -0.05) is 19.9 Å². The molecule has 0 fully saturated rings. The fourth-order valence-electron chi connectivity index (χ4n) is 2.53. The van der Waals surface area contributed by atoms with E-state index >= 15 is 0 Å². The molecule has 2 aromatic rings. The first-order chi connectivity index (χ1) is 13.0. The summed E-state index contributed by atoms with van der Waals surface area (Å²) >= 11 is 0.911. The van der Waals surface area contributed by atoms with Crippen LogP contribution in [-0.4, -0.2) is 49.4 Å². The van der Waals surface area contributed by atoms with Gasteiger partial charge in [-0.05, 0) is 25.1 Å². The van der Waals surface area contributed by atoms with Crippen molar-refractivity contribution in [1.82, 2.24) is 9.29 Å². The largest absolute Gasteiger partial charge is 0.406 e. The van der Waals surface area contributed by atoms with Crippen LogP contribution in [0.1, 0.15) is 29.9 Å². The second-order valence-corrected chi connectivity index (χ2v) is 8.67. The lowest BCUT2D eigenvalue weighted by atomic mass is 10.2. The van der Waals surface area contributed by atoms with Gasteiger partial charge >= 0.3 is 6.18 Å². The number of amides is 1. The number of nitrogens with zero attached hydrogens (tertiary/aromatic N) is 3. The maximum Gasteiger partial charge on any atom is 0.406 e. The minimum absolute atomic E-state index is 0.100. The zero-order valence-electron chi connectivity index (χ0n) is 15.5. The first-order valence-electron chi connectivity index (χ1n) is 8.40. The number of carbonyl (C=O) groups is 1. The minimum atomic E-state index is -4.64. The van der Waals surface area contributed by atoms with Crippen molar-refractivity contribution in [3.63, 3.8) is 0 Å². The number of sulfonamides is 1. The van der Waals surface area contributed by atoms with Crippen LogP contribution in [0, 0.1) is 6.92 Å². The molecule has 0 unspecified atom stereocenters. The summed E-state index contributed by atoms with van der Waals surface area (Å²) in [5.74, 6) is -0.969. The average Bonchev–Trinajstić information content (AvgIpc) is 3.05. The van der Waals surface area contributed by atoms with Crippen LogP contribution >= 0.6 is 11.3 Å². The Balaban J connectivity index is 2.46. The van der Waals surface area contributed by atoms with Crippen LogP contribution in [0.3, 0.4) is 0 Å². The Morgan fingerprint density at radius 2 is 1.86 bits per heavy atom. The summed E-state index contributed by atoms with van der Waals surface area (Å²) in [7, 11) is -3.85. The zero-order chi connectivity index (χ0) is 21.1. The van der Waals surface area contributed by atoms with E-state index in [0.717, 1.165) is 17.4 Å². The third-order valence-electron chi connectivity index (χ3n) is 3.84. The fourth-order valence-corrected chi connectivity index (χ4v) is 4.83. The summed E-state index contributed by atoms with van der Waals surface area (Å²) in [5.41, 5.74) is 0.322. The molecular weight excluding hydrogens is 415 g/mol. The summed E-state index contributed by atoms with van der Waals surface area (Å²) in [4.78, 5) is 17.1. The predicted octanol–water partition coefficient (Wildman–Crippen LogP) is 3.69. The first kappa shape index (κ1) is 22.3. The molecule has 11 heteroatoms. The van der Waals surface area contributed by atoms with Crippen molar-refractivity contribution in [2.45, 2.75) is 31.8 Å². The Morgan fingerprint density at radius 1 is 1.21 bits per heavy atom. The lowest BCUT2D eigenvalue weighted by molar-refractivity contribution is -0.118. The molecule has 0 bridgehead atoms. The number of aromatic nitrogens is 1. The van der Waals surface area contributed by atoms with Crippen molar-refractivity contribution in [1.29, 1.82) is 0 Å². The number of anilines is 1. The van der Waals surface area contributed by atoms with Crippen molar-refractivity contribution < 1.29 is 26.4 Å². The smallest absolute Gasteiger partial charge is 0.275 e. The Labute approximate surface area is 165 Å². The monoisotopic (exact) mass is 435 g/mol. The summed E-state index contributed by atoms with van der Waals surface area (Å²) in [6.07, 6.45) is -4.64. The van der Waals surface area contributed by atoms with Crippen LogP contribution in [0.15, 0.2) is 34.5 Å². The van der Waals surface area contributed by atoms with Gasteiger partial charge in [0.15, 0.2) is 5.13 Å². The van der Waals surface area contributed by atoms with Crippen molar-refractivity contribution >= 4 is 32.4 Å². The number of thiazole rings is 1. The molecule has 0 aliphatic carbocycles. The van der Waals surface area contributed by atoms with Gasteiger partial charge in [-0.25, -0.2) is 13.4 Å². The molecule has 0 aliphatic rings. The van der Waals surface area contributed by atoms with Crippen LogP contribution in [0.2, 0.25) is 0 Å². The lowest BCUT2D eigenvalue weighted by Crippen LogP contribution is -2.39. The molecule has 0 saturated heterocycles. The number of carbonyl (C=O) groups excluding carboxylic acids is 1. The van der Waals surface area contributed by atoms with Gasteiger partial charge < -0.3 is 0 Å². The van der Waals surface area contributed by atoms with E-state index in [9.17, 15) is 26.4 Å². The average molecular weight is 435 g/mol. The Bertz CT molecular complexity index is 938. The lowest BCUT2D eigenvalue weighted by Gasteiger charge is -2.22. The first-order valence-corrected chi connectivity index (χ1v) is 10.7. The highest BCUT2D eigenvalue weighted by atomic mass is 32.2. The summed E-state index contributed by atoms with van der Waals surface area (Å²) in [6.45, 7) is 3.89. The molecule has 1 aromatic heterocycles. The summed E-state index contributed by atoms with van der Waals surface area (Å²) in [6, 6.07) is 5.03. The van der Waals surface area contributed by atoms with Crippen molar-refractivity contribution in [3.8, 4) is 0 Å². The molecule has 1 heterocycles. The van der Waals surface area contributed by atoms with E-state index in [2.05, 4.69) is 4.98 Å². The molecule has 0 saturated carbocycles. The molecule has 0 radical (unpaired) electrons. The molecule has 2 rings (SSSR count). The number of halogens is 3.